The molecular weight excluding hydrogens is 428 g/mol. The van der Waals surface area contributed by atoms with Gasteiger partial charge in [0, 0.05) is 32.3 Å². The number of nitrogens with one attached hydrogen (secondary N) is 1. The molecule has 32 heavy (non-hydrogen) atoms. The van der Waals surface area contributed by atoms with Gasteiger partial charge in [0.05, 0.1) is 15.8 Å². The third-order valence-electron chi connectivity index (χ3n) is 6.52. The van der Waals surface area contributed by atoms with Gasteiger partial charge < -0.3 is 14.8 Å². The highest BCUT2D eigenvalue weighted by Crippen LogP contribution is 2.45. The molecule has 3 heterocycles. The Morgan fingerprint density at radius 3 is 2.62 bits per heavy atom. The average Bonchev–Trinajstić information content (AvgIpc) is 3.34. The van der Waals surface area contributed by atoms with E-state index in [2.05, 4.69) is 24.8 Å². The molecule has 1 amide bonds. The van der Waals surface area contributed by atoms with Crippen LogP contribution in [0.25, 0.3) is 11.0 Å². The van der Waals surface area contributed by atoms with Crippen LogP contribution >= 0.6 is 0 Å². The summed E-state index contributed by atoms with van der Waals surface area (Å²) in [7, 11) is -3.68. The normalized spacial score (nSPS) is 17.8. The smallest absolute Gasteiger partial charge is 0.238 e. The number of aryl methyl sites for hydroxylation is 1. The zero-order chi connectivity index (χ0) is 22.3. The Balaban J connectivity index is 1.19. The highest BCUT2D eigenvalue weighted by atomic mass is 32.2. The number of anilines is 1. The third-order valence-corrected chi connectivity index (χ3v) is 7.45. The summed E-state index contributed by atoms with van der Waals surface area (Å²) in [4.78, 5) is 29.4. The van der Waals surface area contributed by atoms with E-state index in [1.165, 1.54) is 12.1 Å². The van der Waals surface area contributed by atoms with Crippen LogP contribution in [0.1, 0.15) is 31.2 Å². The number of fused-ring (bicyclic) bond motifs is 1. The quantitative estimate of drug-likeness (QED) is 0.585. The molecule has 3 aromatic rings. The van der Waals surface area contributed by atoms with Crippen molar-refractivity contribution in [2.24, 2.45) is 5.14 Å². The third kappa shape index (κ3) is 3.95. The van der Waals surface area contributed by atoms with E-state index in [0.29, 0.717) is 13.0 Å². The minimum Gasteiger partial charge on any atom is -0.352 e. The van der Waals surface area contributed by atoms with Crippen LogP contribution in [0.15, 0.2) is 47.8 Å². The van der Waals surface area contributed by atoms with E-state index in [0.717, 1.165) is 61.2 Å². The molecule has 2 fully saturated rings. The molecule has 1 saturated carbocycles. The number of hydrogen-bond acceptors (Lipinski definition) is 6. The molecule has 3 N–H and O–H groups in total. The molecular formula is C22H26N6O3S. The first-order valence-corrected chi connectivity index (χ1v) is 12.4. The lowest BCUT2D eigenvalue weighted by molar-refractivity contribution is -0.135. The van der Waals surface area contributed by atoms with Crippen LogP contribution in [0.5, 0.6) is 0 Å². The Bertz CT molecular complexity index is 1250. The minimum atomic E-state index is -3.68. The number of H-pyrrole nitrogens is 1. The Morgan fingerprint density at radius 1 is 1.12 bits per heavy atom. The number of carbonyl (C=O) groups excluding carboxylic acids is 1. The molecule has 0 radical (unpaired) electrons. The van der Waals surface area contributed by atoms with E-state index in [1.807, 2.05) is 12.3 Å². The predicted octanol–water partition coefficient (Wildman–Crippen LogP) is 1.81. The van der Waals surface area contributed by atoms with Crippen molar-refractivity contribution in [3.63, 3.8) is 0 Å². The highest BCUT2D eigenvalue weighted by molar-refractivity contribution is 7.89. The number of nitrogens with zero attached hydrogens (tertiary/aromatic N) is 4. The second-order valence-corrected chi connectivity index (χ2v) is 10.2. The van der Waals surface area contributed by atoms with E-state index >= 15 is 0 Å². The zero-order valence-electron chi connectivity index (χ0n) is 17.7. The van der Waals surface area contributed by atoms with Gasteiger partial charge >= 0.3 is 0 Å². The number of aromatic amines is 1. The van der Waals surface area contributed by atoms with E-state index < -0.39 is 10.0 Å². The fourth-order valence-electron chi connectivity index (χ4n) is 4.66. The molecule has 10 heteroatoms. The van der Waals surface area contributed by atoms with Gasteiger partial charge in [0.2, 0.25) is 15.9 Å². The van der Waals surface area contributed by atoms with Gasteiger partial charge in [-0.15, -0.1) is 0 Å². The number of piperazine rings is 1. The van der Waals surface area contributed by atoms with E-state index in [1.54, 1.807) is 18.5 Å². The van der Waals surface area contributed by atoms with Gasteiger partial charge in [-0.1, -0.05) is 12.1 Å². The lowest BCUT2D eigenvalue weighted by Crippen LogP contribution is -2.57. The second kappa shape index (κ2) is 7.86. The van der Waals surface area contributed by atoms with Crippen LogP contribution in [0.3, 0.4) is 0 Å². The van der Waals surface area contributed by atoms with Crippen LogP contribution in [-0.2, 0) is 21.2 Å². The largest absolute Gasteiger partial charge is 0.352 e. The summed E-state index contributed by atoms with van der Waals surface area (Å²) >= 11 is 0. The van der Waals surface area contributed by atoms with Crippen molar-refractivity contribution in [1.82, 2.24) is 19.9 Å². The van der Waals surface area contributed by atoms with Crippen molar-refractivity contribution < 1.29 is 13.2 Å². The van der Waals surface area contributed by atoms with Crippen LogP contribution in [0, 0.1) is 0 Å². The monoisotopic (exact) mass is 454 g/mol. The minimum absolute atomic E-state index is 0.0833. The van der Waals surface area contributed by atoms with E-state index in [-0.39, 0.29) is 16.3 Å². The molecule has 1 aliphatic carbocycles. The Hall–Kier alpha value is -2.98. The van der Waals surface area contributed by atoms with Crippen molar-refractivity contribution in [2.45, 2.75) is 42.5 Å². The first kappa shape index (κ1) is 20.9. The maximum atomic E-state index is 13.0. The van der Waals surface area contributed by atoms with E-state index in [9.17, 15) is 13.2 Å². The van der Waals surface area contributed by atoms with Crippen molar-refractivity contribution in [3.05, 3.63) is 48.4 Å². The van der Waals surface area contributed by atoms with Crippen molar-refractivity contribution >= 4 is 32.8 Å². The fourth-order valence-corrected chi connectivity index (χ4v) is 5.17. The molecule has 0 bridgehead atoms. The van der Waals surface area contributed by atoms with Crippen LogP contribution in [0.2, 0.25) is 0 Å². The van der Waals surface area contributed by atoms with Crippen molar-refractivity contribution in [1.29, 1.82) is 0 Å². The molecule has 0 atom stereocenters. The molecule has 168 valence electrons. The number of sulfonamides is 1. The molecule has 9 nitrogen and oxygen atoms in total. The maximum absolute atomic E-state index is 13.0. The number of rotatable bonds is 6. The summed E-state index contributed by atoms with van der Waals surface area (Å²) in [6, 6.07) is 8.54. The number of carbonyl (C=O) groups is 1. The fraction of sp³-hybridized carbons (Fsp3) is 0.409. The molecule has 2 aliphatic rings. The topological polar surface area (TPSA) is 125 Å². The second-order valence-electron chi connectivity index (χ2n) is 8.67. The summed E-state index contributed by atoms with van der Waals surface area (Å²) in [5, 5.41) is 6.15. The first-order valence-electron chi connectivity index (χ1n) is 10.8. The van der Waals surface area contributed by atoms with Gasteiger partial charge in [-0.2, -0.15) is 0 Å². The highest BCUT2D eigenvalue weighted by Gasteiger charge is 2.53. The summed E-state index contributed by atoms with van der Waals surface area (Å²) in [5.41, 5.74) is 1.74. The zero-order valence-corrected chi connectivity index (χ0v) is 18.5. The van der Waals surface area contributed by atoms with E-state index in [4.69, 9.17) is 5.14 Å². The van der Waals surface area contributed by atoms with Crippen molar-refractivity contribution in [2.75, 3.05) is 24.5 Å². The predicted molar refractivity (Wildman–Crippen MR) is 121 cm³/mol. The summed E-state index contributed by atoms with van der Waals surface area (Å²) < 4.78 is 22.7. The SMILES string of the molecule is NS(=O)(=O)c1ccc(CCCC(=O)N2CCN(c3ncnc4[nH]ccc34)CC23CC3)cc1. The standard InChI is InChI=1S/C22H26N6O3S/c23-32(30,31)17-6-4-16(5-7-17)2-1-3-19(29)28-13-12-27(14-22(28)9-10-22)21-18-8-11-24-20(18)25-15-26-21/h4-8,11,15H,1-3,9-10,12-14H2,(H2,23,30,31)(H,24,25,26). The lowest BCUT2D eigenvalue weighted by Gasteiger charge is -2.43. The van der Waals surface area contributed by atoms with Crippen molar-refractivity contribution in [3.8, 4) is 0 Å². The Morgan fingerprint density at radius 2 is 1.91 bits per heavy atom. The number of benzene rings is 1. The molecule has 1 saturated heterocycles. The van der Waals surface area contributed by atoms with Gasteiger partial charge in [-0.05, 0) is 49.4 Å². The van der Waals surface area contributed by atoms with Gasteiger partial charge in [-0.25, -0.2) is 23.5 Å². The molecule has 1 spiro atoms. The molecule has 1 aromatic carbocycles. The van der Waals surface area contributed by atoms with Gasteiger partial charge in [-0.3, -0.25) is 4.79 Å². The van der Waals surface area contributed by atoms with Gasteiger partial charge in [0.15, 0.2) is 0 Å². The Labute approximate surface area is 186 Å². The number of hydrogen-bond donors (Lipinski definition) is 2. The first-order chi connectivity index (χ1) is 15.4. The van der Waals surface area contributed by atoms with Crippen LogP contribution in [0.4, 0.5) is 5.82 Å². The van der Waals surface area contributed by atoms with Gasteiger partial charge in [0.1, 0.15) is 17.8 Å². The number of primary sulfonamides is 1. The number of amides is 1. The van der Waals surface area contributed by atoms with Crippen LogP contribution < -0.4 is 10.0 Å². The Kier molecular flexibility index (Phi) is 5.13. The average molecular weight is 455 g/mol. The lowest BCUT2D eigenvalue weighted by atomic mass is 10.1. The molecule has 0 unspecified atom stereocenters. The van der Waals surface area contributed by atoms with Crippen LogP contribution in [-0.4, -0.2) is 59.4 Å². The number of aromatic nitrogens is 3. The maximum Gasteiger partial charge on any atom is 0.238 e. The van der Waals surface area contributed by atoms with Gasteiger partial charge in [0.25, 0.3) is 0 Å². The summed E-state index contributed by atoms with van der Waals surface area (Å²) in [6.45, 7) is 2.24. The molecule has 2 aromatic heterocycles. The number of nitrogens with two attached hydrogens (primary N) is 1. The molecule has 1 aliphatic heterocycles. The summed E-state index contributed by atoms with van der Waals surface area (Å²) in [5.74, 6) is 1.12. The summed E-state index contributed by atoms with van der Waals surface area (Å²) in [6.07, 6.45) is 7.42. The molecule has 5 rings (SSSR count).